The fourth-order valence-electron chi connectivity index (χ4n) is 4.66. The van der Waals surface area contributed by atoms with Crippen molar-refractivity contribution < 1.29 is 13.3 Å². The van der Waals surface area contributed by atoms with Crippen molar-refractivity contribution in [1.82, 2.24) is 13.9 Å². The molecule has 0 bridgehead atoms. The first-order chi connectivity index (χ1) is 16.3. The molecule has 2 aliphatic rings. The van der Waals surface area contributed by atoms with Gasteiger partial charge in [0.15, 0.2) is 0 Å². The van der Waals surface area contributed by atoms with Crippen molar-refractivity contribution in [1.29, 1.82) is 0 Å². The lowest BCUT2D eigenvalue weighted by Crippen LogP contribution is -2.43. The van der Waals surface area contributed by atoms with Crippen LogP contribution in [0, 0.1) is 10.1 Å². The standard InChI is InChI=1S/C24H25N5O4S/c1-16(2)17-3-5-18(6-4-17)24-26-21-11-12-25-15-22-23(21)27(24)13-14-28(22)34(32,33)20-9-7-19(8-10-20)29(30)31/h3-10,12,16,22H,11,13-15H2,1-2H3. The molecule has 0 saturated heterocycles. The number of rotatable bonds is 5. The van der Waals surface area contributed by atoms with Gasteiger partial charge in [0, 0.05) is 43.4 Å². The zero-order chi connectivity index (χ0) is 24.0. The van der Waals surface area contributed by atoms with Gasteiger partial charge in [-0.3, -0.25) is 15.1 Å². The molecule has 9 nitrogen and oxygen atoms in total. The Balaban J connectivity index is 1.55. The molecule has 5 rings (SSSR count). The molecule has 10 heteroatoms. The molecule has 176 valence electrons. The zero-order valence-corrected chi connectivity index (χ0v) is 19.8. The number of imidazole rings is 1. The lowest BCUT2D eigenvalue weighted by molar-refractivity contribution is -0.384. The van der Waals surface area contributed by atoms with Crippen LogP contribution in [0.3, 0.4) is 0 Å². The monoisotopic (exact) mass is 479 g/mol. The third-order valence-corrected chi connectivity index (χ3v) is 8.39. The van der Waals surface area contributed by atoms with E-state index in [0.717, 1.165) is 22.8 Å². The van der Waals surface area contributed by atoms with Crippen LogP contribution in [-0.4, -0.2) is 46.5 Å². The van der Waals surface area contributed by atoms with Crippen LogP contribution in [-0.2, 0) is 23.0 Å². The van der Waals surface area contributed by atoms with Crippen LogP contribution in [0.25, 0.3) is 11.4 Å². The molecule has 1 unspecified atom stereocenters. The summed E-state index contributed by atoms with van der Waals surface area (Å²) in [6.07, 6.45) is 2.34. The van der Waals surface area contributed by atoms with Crippen LogP contribution in [0.2, 0.25) is 0 Å². The van der Waals surface area contributed by atoms with E-state index in [1.54, 1.807) is 6.21 Å². The molecule has 2 aliphatic heterocycles. The highest BCUT2D eigenvalue weighted by atomic mass is 32.2. The van der Waals surface area contributed by atoms with E-state index in [0.29, 0.717) is 25.4 Å². The number of nitrogens with zero attached hydrogens (tertiary/aromatic N) is 5. The molecule has 0 radical (unpaired) electrons. The number of aliphatic imine (C=N–C) groups is 1. The fourth-order valence-corrected chi connectivity index (χ4v) is 6.23. The molecule has 0 amide bonds. The first kappa shape index (κ1) is 22.4. The van der Waals surface area contributed by atoms with E-state index in [1.807, 2.05) is 0 Å². The number of nitro benzene ring substituents is 1. The molecule has 0 saturated carbocycles. The van der Waals surface area contributed by atoms with Crippen LogP contribution in [0.15, 0.2) is 58.4 Å². The number of hydrogen-bond acceptors (Lipinski definition) is 6. The van der Waals surface area contributed by atoms with Gasteiger partial charge in [-0.15, -0.1) is 0 Å². The van der Waals surface area contributed by atoms with Gasteiger partial charge >= 0.3 is 0 Å². The highest BCUT2D eigenvalue weighted by Gasteiger charge is 2.40. The lowest BCUT2D eigenvalue weighted by atomic mass is 10.0. The second-order valence-corrected chi connectivity index (χ2v) is 10.7. The van der Waals surface area contributed by atoms with Crippen LogP contribution in [0.1, 0.15) is 42.8 Å². The Morgan fingerprint density at radius 1 is 1.06 bits per heavy atom. The number of aromatic nitrogens is 2. The Kier molecular flexibility index (Phi) is 5.57. The SMILES string of the molecule is CC(C)c1ccc(-c2nc3c4n2CCN(S(=O)(=O)c2ccc([N+](=O)[O-])cc2)C4CN=CC3)cc1. The third-order valence-electron chi connectivity index (χ3n) is 6.47. The maximum Gasteiger partial charge on any atom is 0.269 e. The quantitative estimate of drug-likeness (QED) is 0.406. The van der Waals surface area contributed by atoms with Crippen LogP contribution >= 0.6 is 0 Å². The van der Waals surface area contributed by atoms with Gasteiger partial charge in [0.2, 0.25) is 10.0 Å². The third kappa shape index (κ3) is 3.72. The van der Waals surface area contributed by atoms with Gasteiger partial charge in [-0.1, -0.05) is 38.1 Å². The van der Waals surface area contributed by atoms with Crippen LogP contribution in [0.4, 0.5) is 5.69 Å². The molecular formula is C24H25N5O4S. The summed E-state index contributed by atoms with van der Waals surface area (Å²) in [5, 5.41) is 11.0. The van der Waals surface area contributed by atoms with E-state index < -0.39 is 21.0 Å². The van der Waals surface area contributed by atoms with E-state index in [9.17, 15) is 18.5 Å². The van der Waals surface area contributed by atoms with E-state index in [1.165, 1.54) is 34.1 Å². The highest BCUT2D eigenvalue weighted by molar-refractivity contribution is 7.89. The van der Waals surface area contributed by atoms with Crippen molar-refractivity contribution in [2.45, 2.75) is 43.7 Å². The van der Waals surface area contributed by atoms with Gasteiger partial charge in [0.05, 0.1) is 33.8 Å². The van der Waals surface area contributed by atoms with Crippen molar-refractivity contribution >= 4 is 21.9 Å². The lowest BCUT2D eigenvalue weighted by Gasteiger charge is -2.35. The predicted molar refractivity (Wildman–Crippen MR) is 129 cm³/mol. The van der Waals surface area contributed by atoms with E-state index in [2.05, 4.69) is 47.7 Å². The summed E-state index contributed by atoms with van der Waals surface area (Å²) in [6.45, 7) is 5.34. The molecule has 1 atom stereocenters. The zero-order valence-electron chi connectivity index (χ0n) is 19.0. The molecule has 3 aromatic rings. The summed E-state index contributed by atoms with van der Waals surface area (Å²) in [5.41, 5.74) is 3.81. The Morgan fingerprint density at radius 2 is 1.76 bits per heavy atom. The topological polar surface area (TPSA) is 111 Å². The van der Waals surface area contributed by atoms with Crippen molar-refractivity contribution in [3.63, 3.8) is 0 Å². The van der Waals surface area contributed by atoms with E-state index in [4.69, 9.17) is 4.98 Å². The molecule has 0 N–H and O–H groups in total. The molecule has 3 heterocycles. The minimum absolute atomic E-state index is 0.0327. The van der Waals surface area contributed by atoms with Gasteiger partial charge in [-0.25, -0.2) is 13.4 Å². The van der Waals surface area contributed by atoms with Gasteiger partial charge in [-0.2, -0.15) is 4.31 Å². The first-order valence-electron chi connectivity index (χ1n) is 11.2. The summed E-state index contributed by atoms with van der Waals surface area (Å²) < 4.78 is 30.7. The van der Waals surface area contributed by atoms with Gasteiger partial charge < -0.3 is 4.57 Å². The number of hydrogen-bond donors (Lipinski definition) is 0. The van der Waals surface area contributed by atoms with Gasteiger partial charge in [-0.05, 0) is 23.6 Å². The first-order valence-corrected chi connectivity index (χ1v) is 12.7. The molecular weight excluding hydrogens is 454 g/mol. The molecule has 1 aromatic heterocycles. The predicted octanol–water partition coefficient (Wildman–Crippen LogP) is 3.95. The van der Waals surface area contributed by atoms with Gasteiger partial charge in [0.25, 0.3) is 5.69 Å². The minimum Gasteiger partial charge on any atom is -0.325 e. The normalized spacial score (nSPS) is 18.0. The Hall–Kier alpha value is -3.37. The summed E-state index contributed by atoms with van der Waals surface area (Å²) >= 11 is 0. The molecule has 2 aromatic carbocycles. The molecule has 34 heavy (non-hydrogen) atoms. The number of benzene rings is 2. The van der Waals surface area contributed by atoms with Crippen molar-refractivity contribution in [2.24, 2.45) is 4.99 Å². The largest absolute Gasteiger partial charge is 0.325 e. The van der Waals surface area contributed by atoms with Crippen molar-refractivity contribution in [2.75, 3.05) is 13.1 Å². The highest BCUT2D eigenvalue weighted by Crippen LogP contribution is 2.38. The average molecular weight is 480 g/mol. The smallest absolute Gasteiger partial charge is 0.269 e. The maximum atomic E-state index is 13.5. The summed E-state index contributed by atoms with van der Waals surface area (Å²) in [7, 11) is -3.88. The summed E-state index contributed by atoms with van der Waals surface area (Å²) in [4.78, 5) is 19.8. The molecule has 0 spiro atoms. The number of sulfonamides is 1. The summed E-state index contributed by atoms with van der Waals surface area (Å²) in [6, 6.07) is 12.9. The number of nitro groups is 1. The average Bonchev–Trinajstić information content (AvgIpc) is 3.07. The second-order valence-electron chi connectivity index (χ2n) is 8.83. The van der Waals surface area contributed by atoms with Crippen LogP contribution < -0.4 is 0 Å². The Bertz CT molecular complexity index is 1380. The fraction of sp³-hybridized carbons (Fsp3) is 0.333. The minimum atomic E-state index is -3.88. The Morgan fingerprint density at radius 3 is 2.41 bits per heavy atom. The van der Waals surface area contributed by atoms with Crippen molar-refractivity contribution in [3.8, 4) is 11.4 Å². The van der Waals surface area contributed by atoms with Crippen molar-refractivity contribution in [3.05, 3.63) is 75.6 Å². The number of non-ortho nitro benzene ring substituents is 1. The van der Waals surface area contributed by atoms with E-state index >= 15 is 0 Å². The molecule has 0 fully saturated rings. The second kappa shape index (κ2) is 8.44. The van der Waals surface area contributed by atoms with Gasteiger partial charge in [0.1, 0.15) is 5.82 Å². The summed E-state index contributed by atoms with van der Waals surface area (Å²) in [5.74, 6) is 1.27. The maximum absolute atomic E-state index is 13.5. The Labute approximate surface area is 198 Å². The van der Waals surface area contributed by atoms with E-state index in [-0.39, 0.29) is 17.1 Å². The molecule has 0 aliphatic carbocycles. The van der Waals surface area contributed by atoms with Crippen LogP contribution in [0.5, 0.6) is 0 Å².